The monoisotopic (exact) mass is 240 g/mol. The average molecular weight is 240 g/mol. The molecule has 0 aliphatic carbocycles. The van der Waals surface area contributed by atoms with Gasteiger partial charge in [-0.1, -0.05) is 0 Å². The number of hydrogen-bond acceptors (Lipinski definition) is 2. The Hall–Kier alpha value is 1.02. The summed E-state index contributed by atoms with van der Waals surface area (Å²) in [5.74, 6) is 0. The van der Waals surface area contributed by atoms with Crippen LogP contribution in [0.1, 0.15) is 0 Å². The van der Waals surface area contributed by atoms with Crippen molar-refractivity contribution in [3.8, 4) is 0 Å². The summed E-state index contributed by atoms with van der Waals surface area (Å²) < 4.78 is 0. The van der Waals surface area contributed by atoms with Gasteiger partial charge in [0.15, 0.2) is 0 Å². The van der Waals surface area contributed by atoms with Crippen LogP contribution in [0, 0.1) is 0 Å². The van der Waals surface area contributed by atoms with E-state index in [-0.39, 0.29) is 24.8 Å². The zero-order valence-corrected chi connectivity index (χ0v) is 8.55. The van der Waals surface area contributed by atoms with E-state index in [0.717, 1.165) is 28.0 Å². The summed E-state index contributed by atoms with van der Waals surface area (Å²) >= 11 is 0.726. The van der Waals surface area contributed by atoms with E-state index >= 15 is 0 Å². The van der Waals surface area contributed by atoms with Crippen molar-refractivity contribution >= 4 is 39.8 Å². The van der Waals surface area contributed by atoms with Crippen molar-refractivity contribution in [2.24, 2.45) is 11.5 Å². The van der Waals surface area contributed by atoms with E-state index in [1.807, 2.05) is 0 Å². The van der Waals surface area contributed by atoms with Gasteiger partial charge in [-0.3, -0.25) is 0 Å². The third kappa shape index (κ3) is 17.6. The number of nitrogens with two attached hydrogens (primary N) is 2. The molecule has 0 rings (SSSR count). The van der Waals surface area contributed by atoms with Crippen LogP contribution in [0.25, 0.3) is 0 Å². The Balaban J connectivity index is -0.000000180. The van der Waals surface area contributed by atoms with Gasteiger partial charge in [-0.25, -0.2) is 0 Å². The van der Waals surface area contributed by atoms with E-state index in [0.29, 0.717) is 0 Å². The molecule has 0 amide bonds. The van der Waals surface area contributed by atoms with Crippen LogP contribution in [0.4, 0.5) is 0 Å². The Morgan fingerprint density at radius 3 is 1.44 bits per heavy atom. The van der Waals surface area contributed by atoms with Crippen molar-refractivity contribution in [2.75, 3.05) is 13.1 Å². The molecule has 0 aromatic carbocycles. The summed E-state index contributed by atoms with van der Waals surface area (Å²) in [7, 11) is 0. The Labute approximate surface area is 75.1 Å². The predicted octanol–water partition coefficient (Wildman–Crippen LogP) is 0.288. The standard InChI is InChI=1S/C4H12N2Se.2ClH/c5-1-3-7-4-2-6;;/h1-6H2;2*1H. The second-order valence-electron chi connectivity index (χ2n) is 1.19. The SMILES string of the molecule is Cl.Cl.NCC[Se]CCN. The molecule has 5 heteroatoms. The first-order chi connectivity index (χ1) is 3.41. The average Bonchev–Trinajstić information content (AvgIpc) is 1.69. The van der Waals surface area contributed by atoms with E-state index in [4.69, 9.17) is 11.5 Å². The molecule has 2 nitrogen and oxygen atoms in total. The van der Waals surface area contributed by atoms with Crippen LogP contribution in [0.3, 0.4) is 0 Å². The third-order valence-electron chi connectivity index (χ3n) is 0.524. The third-order valence-corrected chi connectivity index (χ3v) is 2.72. The van der Waals surface area contributed by atoms with Gasteiger partial charge in [0, 0.05) is 0 Å². The number of halogens is 2. The summed E-state index contributed by atoms with van der Waals surface area (Å²) in [6.45, 7) is 1.67. The molecule has 0 unspecified atom stereocenters. The Morgan fingerprint density at radius 1 is 0.889 bits per heavy atom. The molecule has 0 radical (unpaired) electrons. The first kappa shape index (κ1) is 16.5. The van der Waals surface area contributed by atoms with Crippen LogP contribution < -0.4 is 11.5 Å². The van der Waals surface area contributed by atoms with E-state index in [2.05, 4.69) is 0 Å². The summed E-state index contributed by atoms with van der Waals surface area (Å²) in [5, 5.41) is 2.37. The summed E-state index contributed by atoms with van der Waals surface area (Å²) in [6.07, 6.45) is 0. The van der Waals surface area contributed by atoms with Crippen molar-refractivity contribution in [3.63, 3.8) is 0 Å². The maximum absolute atomic E-state index is 5.24. The quantitative estimate of drug-likeness (QED) is 0.548. The van der Waals surface area contributed by atoms with Gasteiger partial charge in [0.05, 0.1) is 0 Å². The van der Waals surface area contributed by atoms with Crippen molar-refractivity contribution in [1.82, 2.24) is 0 Å². The summed E-state index contributed by atoms with van der Waals surface area (Å²) in [4.78, 5) is 0. The van der Waals surface area contributed by atoms with Gasteiger partial charge in [0.1, 0.15) is 0 Å². The molecule has 0 aliphatic heterocycles. The van der Waals surface area contributed by atoms with E-state index in [1.165, 1.54) is 10.6 Å². The predicted molar refractivity (Wildman–Crippen MR) is 48.0 cm³/mol. The van der Waals surface area contributed by atoms with E-state index < -0.39 is 0 Å². The molecular weight excluding hydrogens is 226 g/mol. The minimum atomic E-state index is 0. The van der Waals surface area contributed by atoms with Gasteiger partial charge in [-0.15, -0.1) is 24.8 Å². The van der Waals surface area contributed by atoms with E-state index in [1.54, 1.807) is 0 Å². The molecule has 0 fully saturated rings. The topological polar surface area (TPSA) is 52.0 Å². The number of rotatable bonds is 4. The van der Waals surface area contributed by atoms with Gasteiger partial charge < -0.3 is 0 Å². The van der Waals surface area contributed by atoms with Crippen molar-refractivity contribution in [1.29, 1.82) is 0 Å². The van der Waals surface area contributed by atoms with Gasteiger partial charge >= 0.3 is 50.2 Å². The molecule has 0 spiro atoms. The molecule has 60 valence electrons. The molecular formula is C4H14Cl2N2Se. The minimum absolute atomic E-state index is 0. The molecule has 0 saturated heterocycles. The second kappa shape index (κ2) is 16.0. The van der Waals surface area contributed by atoms with Crippen molar-refractivity contribution < 1.29 is 0 Å². The van der Waals surface area contributed by atoms with E-state index in [9.17, 15) is 0 Å². The second-order valence-corrected chi connectivity index (χ2v) is 3.76. The fourth-order valence-corrected chi connectivity index (χ4v) is 1.40. The molecule has 0 heterocycles. The molecule has 0 aliphatic rings. The molecule has 0 saturated carbocycles. The van der Waals surface area contributed by atoms with Crippen LogP contribution in [-0.4, -0.2) is 28.0 Å². The zero-order valence-electron chi connectivity index (χ0n) is 5.21. The Kier molecular flexibility index (Phi) is 29.4. The molecule has 9 heavy (non-hydrogen) atoms. The first-order valence-corrected chi connectivity index (χ1v) is 4.82. The van der Waals surface area contributed by atoms with Crippen molar-refractivity contribution in [3.05, 3.63) is 0 Å². The maximum atomic E-state index is 5.24. The van der Waals surface area contributed by atoms with Crippen molar-refractivity contribution in [2.45, 2.75) is 10.6 Å². The van der Waals surface area contributed by atoms with Gasteiger partial charge in [0.2, 0.25) is 0 Å². The normalized spacial score (nSPS) is 7.33. The molecule has 0 aromatic heterocycles. The van der Waals surface area contributed by atoms with Crippen LogP contribution in [-0.2, 0) is 0 Å². The van der Waals surface area contributed by atoms with Gasteiger partial charge in [-0.2, -0.15) is 0 Å². The molecule has 0 atom stereocenters. The van der Waals surface area contributed by atoms with Crippen LogP contribution in [0.5, 0.6) is 0 Å². The van der Waals surface area contributed by atoms with Gasteiger partial charge in [0.25, 0.3) is 0 Å². The zero-order chi connectivity index (χ0) is 5.54. The van der Waals surface area contributed by atoms with Crippen LogP contribution in [0.2, 0.25) is 10.6 Å². The van der Waals surface area contributed by atoms with Crippen LogP contribution >= 0.6 is 24.8 Å². The Morgan fingerprint density at radius 2 is 1.22 bits per heavy atom. The fourth-order valence-electron chi connectivity index (χ4n) is 0.269. The summed E-state index contributed by atoms with van der Waals surface area (Å²) in [6, 6.07) is 0. The Bertz CT molecular complexity index is 35.7. The first-order valence-electron chi connectivity index (χ1n) is 2.39. The molecule has 0 bridgehead atoms. The van der Waals surface area contributed by atoms with Gasteiger partial charge in [-0.05, 0) is 0 Å². The van der Waals surface area contributed by atoms with Crippen LogP contribution in [0.15, 0.2) is 0 Å². The summed E-state index contributed by atoms with van der Waals surface area (Å²) in [5.41, 5.74) is 10.5. The fraction of sp³-hybridized carbons (Fsp3) is 1.00. The number of hydrogen-bond donors (Lipinski definition) is 2. The molecule has 4 N–H and O–H groups in total. The molecule has 0 aromatic rings.